The minimum atomic E-state index is -0.816. The van der Waals surface area contributed by atoms with Gasteiger partial charge in [0.1, 0.15) is 18.0 Å². The Hall–Kier alpha value is -1.59. The number of carbonyl (C=O) groups excluding carboxylic acids is 1. The van der Waals surface area contributed by atoms with E-state index < -0.39 is 5.60 Å². The molecule has 0 radical (unpaired) electrons. The van der Waals surface area contributed by atoms with E-state index in [1.807, 2.05) is 38.1 Å². The van der Waals surface area contributed by atoms with Crippen molar-refractivity contribution in [1.29, 1.82) is 0 Å². The van der Waals surface area contributed by atoms with Gasteiger partial charge in [-0.25, -0.2) is 0 Å². The Balaban J connectivity index is 1.83. The zero-order chi connectivity index (χ0) is 20.6. The molecule has 1 aliphatic rings. The van der Waals surface area contributed by atoms with Gasteiger partial charge in [-0.05, 0) is 75.8 Å². The molecule has 158 valence electrons. The third-order valence-electron chi connectivity index (χ3n) is 5.27. The second-order valence-electron chi connectivity index (χ2n) is 8.64. The lowest BCUT2D eigenvalue weighted by Gasteiger charge is -2.30. The second-order valence-corrected chi connectivity index (χ2v) is 8.64. The molecule has 1 heterocycles. The standard InChI is InChI=1S/C23H38N2O3/c1-6-28-23(5,16-18(2)3)22(26)24-20-9-11-21(12-10-20)27-15-14-25-13-7-8-19(4)17-25/h9-12,18-19H,6-8,13-17H2,1-5H3,(H,24,26)/t19-,23-/m1/s1. The van der Waals surface area contributed by atoms with Gasteiger partial charge in [0.25, 0.3) is 5.91 Å². The number of hydrogen-bond acceptors (Lipinski definition) is 4. The summed E-state index contributed by atoms with van der Waals surface area (Å²) in [5, 5.41) is 2.98. The average Bonchev–Trinajstić information content (AvgIpc) is 2.63. The Kier molecular flexibility index (Phi) is 8.77. The fourth-order valence-electron chi connectivity index (χ4n) is 3.99. The topological polar surface area (TPSA) is 50.8 Å². The van der Waals surface area contributed by atoms with Crippen molar-refractivity contribution in [2.24, 2.45) is 11.8 Å². The number of amides is 1. The van der Waals surface area contributed by atoms with Crippen LogP contribution in [0.3, 0.4) is 0 Å². The fourth-order valence-corrected chi connectivity index (χ4v) is 3.99. The first kappa shape index (κ1) is 22.7. The predicted molar refractivity (Wildman–Crippen MR) is 115 cm³/mol. The molecule has 5 heteroatoms. The summed E-state index contributed by atoms with van der Waals surface area (Å²) >= 11 is 0. The van der Waals surface area contributed by atoms with Crippen LogP contribution in [0.25, 0.3) is 0 Å². The lowest BCUT2D eigenvalue weighted by Crippen LogP contribution is -2.43. The molecule has 1 aromatic carbocycles. The number of hydrogen-bond donors (Lipinski definition) is 1. The first-order chi connectivity index (χ1) is 13.3. The van der Waals surface area contributed by atoms with Gasteiger partial charge in [0.2, 0.25) is 0 Å². The lowest BCUT2D eigenvalue weighted by atomic mass is 9.93. The SMILES string of the molecule is CCO[C@](C)(CC(C)C)C(=O)Nc1ccc(OCCN2CCC[C@@H](C)C2)cc1. The zero-order valence-corrected chi connectivity index (χ0v) is 18.3. The molecule has 0 aromatic heterocycles. The van der Waals surface area contributed by atoms with E-state index in [1.165, 1.54) is 25.9 Å². The third-order valence-corrected chi connectivity index (χ3v) is 5.27. The Morgan fingerprint density at radius 2 is 2.04 bits per heavy atom. The van der Waals surface area contributed by atoms with Gasteiger partial charge in [0.05, 0.1) is 0 Å². The van der Waals surface area contributed by atoms with Gasteiger partial charge in [-0.1, -0.05) is 20.8 Å². The fraction of sp³-hybridized carbons (Fsp3) is 0.696. The molecule has 1 aliphatic heterocycles. The zero-order valence-electron chi connectivity index (χ0n) is 18.3. The van der Waals surface area contributed by atoms with Crippen LogP contribution >= 0.6 is 0 Å². The minimum absolute atomic E-state index is 0.101. The summed E-state index contributed by atoms with van der Waals surface area (Å²) in [5.41, 5.74) is -0.0548. The number of rotatable bonds is 10. The van der Waals surface area contributed by atoms with Crippen LogP contribution in [0, 0.1) is 11.8 Å². The molecule has 1 amide bonds. The maximum atomic E-state index is 12.7. The molecule has 1 aromatic rings. The average molecular weight is 391 g/mol. The largest absolute Gasteiger partial charge is 0.492 e. The molecule has 1 saturated heterocycles. The van der Waals surface area contributed by atoms with E-state index in [4.69, 9.17) is 9.47 Å². The Labute approximate surface area is 170 Å². The molecule has 0 unspecified atom stereocenters. The molecule has 0 saturated carbocycles. The molecule has 0 aliphatic carbocycles. The monoisotopic (exact) mass is 390 g/mol. The van der Waals surface area contributed by atoms with Crippen molar-refractivity contribution in [2.75, 3.05) is 38.2 Å². The number of nitrogens with one attached hydrogen (secondary N) is 1. The van der Waals surface area contributed by atoms with Crippen molar-refractivity contribution in [1.82, 2.24) is 4.90 Å². The summed E-state index contributed by atoms with van der Waals surface area (Å²) in [6, 6.07) is 7.60. The molecule has 5 nitrogen and oxygen atoms in total. The number of nitrogens with zero attached hydrogens (tertiary/aromatic N) is 1. The van der Waals surface area contributed by atoms with Crippen LogP contribution in [0.5, 0.6) is 5.75 Å². The van der Waals surface area contributed by atoms with Gasteiger partial charge < -0.3 is 14.8 Å². The highest BCUT2D eigenvalue weighted by atomic mass is 16.5. The third kappa shape index (κ3) is 7.10. The van der Waals surface area contributed by atoms with Crippen molar-refractivity contribution in [3.05, 3.63) is 24.3 Å². The summed E-state index contributed by atoms with van der Waals surface area (Å²) < 4.78 is 11.7. The summed E-state index contributed by atoms with van der Waals surface area (Å²) in [6.45, 7) is 14.8. The van der Waals surface area contributed by atoms with Gasteiger partial charge in [-0.3, -0.25) is 9.69 Å². The normalized spacial score (nSPS) is 20.0. The molecule has 0 spiro atoms. The first-order valence-electron chi connectivity index (χ1n) is 10.7. The van der Waals surface area contributed by atoms with Crippen molar-refractivity contribution >= 4 is 11.6 Å². The smallest absolute Gasteiger partial charge is 0.256 e. The number of likely N-dealkylation sites (tertiary alicyclic amines) is 1. The van der Waals surface area contributed by atoms with Crippen molar-refractivity contribution < 1.29 is 14.3 Å². The highest BCUT2D eigenvalue weighted by molar-refractivity contribution is 5.97. The van der Waals surface area contributed by atoms with Crippen LogP contribution in [-0.2, 0) is 9.53 Å². The molecule has 1 fully saturated rings. The van der Waals surface area contributed by atoms with Crippen LogP contribution in [0.15, 0.2) is 24.3 Å². The van der Waals surface area contributed by atoms with E-state index in [0.29, 0.717) is 25.6 Å². The highest BCUT2D eigenvalue weighted by Crippen LogP contribution is 2.24. The highest BCUT2D eigenvalue weighted by Gasteiger charge is 2.34. The van der Waals surface area contributed by atoms with Crippen LogP contribution < -0.4 is 10.1 Å². The van der Waals surface area contributed by atoms with E-state index >= 15 is 0 Å². The van der Waals surface area contributed by atoms with E-state index in [9.17, 15) is 4.79 Å². The molecule has 0 bridgehead atoms. The molecule has 2 rings (SSSR count). The second kappa shape index (κ2) is 10.8. The van der Waals surface area contributed by atoms with Crippen molar-refractivity contribution in [3.8, 4) is 5.75 Å². The number of carbonyl (C=O) groups is 1. The van der Waals surface area contributed by atoms with E-state index in [0.717, 1.165) is 23.9 Å². The maximum Gasteiger partial charge on any atom is 0.256 e. The van der Waals surface area contributed by atoms with Crippen LogP contribution in [-0.4, -0.2) is 49.3 Å². The lowest BCUT2D eigenvalue weighted by molar-refractivity contribution is -0.140. The van der Waals surface area contributed by atoms with Gasteiger partial charge in [-0.2, -0.15) is 0 Å². The molecular formula is C23H38N2O3. The number of benzene rings is 1. The van der Waals surface area contributed by atoms with E-state index in [2.05, 4.69) is 31.0 Å². The predicted octanol–water partition coefficient (Wildman–Crippen LogP) is 4.58. The van der Waals surface area contributed by atoms with Crippen LogP contribution in [0.4, 0.5) is 5.69 Å². The van der Waals surface area contributed by atoms with Crippen molar-refractivity contribution in [3.63, 3.8) is 0 Å². The van der Waals surface area contributed by atoms with E-state index in [-0.39, 0.29) is 5.91 Å². The first-order valence-corrected chi connectivity index (χ1v) is 10.7. The Morgan fingerprint density at radius 1 is 1.32 bits per heavy atom. The van der Waals surface area contributed by atoms with Gasteiger partial charge in [0.15, 0.2) is 0 Å². The number of piperidine rings is 1. The Morgan fingerprint density at radius 3 is 2.64 bits per heavy atom. The van der Waals surface area contributed by atoms with Gasteiger partial charge in [-0.15, -0.1) is 0 Å². The summed E-state index contributed by atoms with van der Waals surface area (Å²) in [7, 11) is 0. The summed E-state index contributed by atoms with van der Waals surface area (Å²) in [6.07, 6.45) is 3.31. The molecule has 2 atom stereocenters. The van der Waals surface area contributed by atoms with Crippen LogP contribution in [0.1, 0.15) is 53.9 Å². The summed E-state index contributed by atoms with van der Waals surface area (Å²) in [5.74, 6) is 1.89. The van der Waals surface area contributed by atoms with E-state index in [1.54, 1.807) is 0 Å². The van der Waals surface area contributed by atoms with Crippen LogP contribution in [0.2, 0.25) is 0 Å². The van der Waals surface area contributed by atoms with Crippen molar-refractivity contribution in [2.45, 2.75) is 59.5 Å². The van der Waals surface area contributed by atoms with Gasteiger partial charge >= 0.3 is 0 Å². The van der Waals surface area contributed by atoms with Gasteiger partial charge in [0, 0.05) is 25.4 Å². The minimum Gasteiger partial charge on any atom is -0.492 e. The quantitative estimate of drug-likeness (QED) is 0.635. The molecule has 1 N–H and O–H groups in total. The molecule has 28 heavy (non-hydrogen) atoms. The summed E-state index contributed by atoms with van der Waals surface area (Å²) in [4.78, 5) is 15.2. The maximum absolute atomic E-state index is 12.7. The Bertz CT molecular complexity index is 602. The molecular weight excluding hydrogens is 352 g/mol. The number of ether oxygens (including phenoxy) is 2. The number of anilines is 1.